The third-order valence-corrected chi connectivity index (χ3v) is 5.66. The standard InChI is InChI=1S/C20H28N4/c1-2-6-18(7-3-1)14-23-12-4-8-20(16-23)9-5-13-24(17-20)15-19-21-10-11-22-19/h1-3,6-7,10-11H,4-5,8-9,12-17H2,(H,21,22)/t20-/m1/s1. The monoisotopic (exact) mass is 324 g/mol. The van der Waals surface area contributed by atoms with Crippen LogP contribution in [0.3, 0.4) is 0 Å². The van der Waals surface area contributed by atoms with Crippen LogP contribution in [0.2, 0.25) is 0 Å². The van der Waals surface area contributed by atoms with Crippen molar-refractivity contribution in [3.63, 3.8) is 0 Å². The van der Waals surface area contributed by atoms with Gasteiger partial charge in [-0.2, -0.15) is 0 Å². The third kappa shape index (κ3) is 3.70. The average molecular weight is 324 g/mol. The van der Waals surface area contributed by atoms with E-state index in [0.717, 1.165) is 18.9 Å². The Hall–Kier alpha value is -1.65. The van der Waals surface area contributed by atoms with Gasteiger partial charge >= 0.3 is 0 Å². The Morgan fingerprint density at radius 3 is 2.33 bits per heavy atom. The van der Waals surface area contributed by atoms with Gasteiger partial charge in [-0.15, -0.1) is 0 Å². The van der Waals surface area contributed by atoms with Crippen LogP contribution in [0.5, 0.6) is 0 Å². The van der Waals surface area contributed by atoms with Gasteiger partial charge in [0, 0.05) is 32.0 Å². The van der Waals surface area contributed by atoms with Gasteiger partial charge in [0.2, 0.25) is 0 Å². The first kappa shape index (κ1) is 15.9. The second-order valence-corrected chi connectivity index (χ2v) is 7.65. The Morgan fingerprint density at radius 2 is 1.67 bits per heavy atom. The largest absolute Gasteiger partial charge is 0.348 e. The van der Waals surface area contributed by atoms with Gasteiger partial charge in [0.25, 0.3) is 0 Å². The van der Waals surface area contributed by atoms with Gasteiger partial charge in [0.05, 0.1) is 6.54 Å². The van der Waals surface area contributed by atoms with Gasteiger partial charge < -0.3 is 4.98 Å². The smallest absolute Gasteiger partial charge is 0.120 e. The third-order valence-electron chi connectivity index (χ3n) is 5.66. The summed E-state index contributed by atoms with van der Waals surface area (Å²) >= 11 is 0. The number of hydrogen-bond acceptors (Lipinski definition) is 3. The highest BCUT2D eigenvalue weighted by Gasteiger charge is 2.39. The minimum atomic E-state index is 0.484. The molecule has 4 nitrogen and oxygen atoms in total. The average Bonchev–Trinajstić information content (AvgIpc) is 3.09. The zero-order valence-corrected chi connectivity index (χ0v) is 14.5. The van der Waals surface area contributed by atoms with Gasteiger partial charge in [-0.1, -0.05) is 30.3 Å². The lowest BCUT2D eigenvalue weighted by atomic mass is 9.73. The van der Waals surface area contributed by atoms with Crippen molar-refractivity contribution in [2.45, 2.75) is 38.8 Å². The topological polar surface area (TPSA) is 35.2 Å². The van der Waals surface area contributed by atoms with E-state index in [1.165, 1.54) is 57.4 Å². The van der Waals surface area contributed by atoms with Gasteiger partial charge in [-0.3, -0.25) is 9.80 Å². The second kappa shape index (κ2) is 7.08. The van der Waals surface area contributed by atoms with Gasteiger partial charge in [-0.05, 0) is 49.8 Å². The molecule has 2 fully saturated rings. The molecule has 0 saturated carbocycles. The number of benzene rings is 1. The Bertz CT molecular complexity index is 620. The molecule has 2 aliphatic rings. The quantitative estimate of drug-likeness (QED) is 0.937. The lowest BCUT2D eigenvalue weighted by Crippen LogP contribution is -2.51. The predicted octanol–water partition coefficient (Wildman–Crippen LogP) is 3.29. The van der Waals surface area contributed by atoms with Crippen molar-refractivity contribution in [1.29, 1.82) is 0 Å². The van der Waals surface area contributed by atoms with Crippen molar-refractivity contribution in [3.8, 4) is 0 Å². The molecule has 4 heteroatoms. The summed E-state index contributed by atoms with van der Waals surface area (Å²) in [6, 6.07) is 10.9. The van der Waals surface area contributed by atoms with E-state index in [0.29, 0.717) is 5.41 Å². The van der Waals surface area contributed by atoms with Crippen LogP contribution >= 0.6 is 0 Å². The van der Waals surface area contributed by atoms with Gasteiger partial charge in [0.15, 0.2) is 0 Å². The van der Waals surface area contributed by atoms with E-state index >= 15 is 0 Å². The maximum atomic E-state index is 4.41. The Balaban J connectivity index is 1.40. The predicted molar refractivity (Wildman–Crippen MR) is 96.5 cm³/mol. The van der Waals surface area contributed by atoms with E-state index in [-0.39, 0.29) is 0 Å². The minimum Gasteiger partial charge on any atom is -0.348 e. The fraction of sp³-hybridized carbons (Fsp3) is 0.550. The fourth-order valence-electron chi connectivity index (χ4n) is 4.66. The number of imidazole rings is 1. The van der Waals surface area contributed by atoms with Crippen LogP contribution in [0.1, 0.15) is 37.1 Å². The van der Waals surface area contributed by atoms with Crippen molar-refractivity contribution in [2.24, 2.45) is 5.41 Å². The molecule has 1 aromatic carbocycles. The SMILES string of the molecule is c1ccc(CN2CCC[C@@]3(CCCN(Cc4ncc[nH]4)C3)C2)cc1. The molecule has 1 N–H and O–H groups in total. The summed E-state index contributed by atoms with van der Waals surface area (Å²) in [4.78, 5) is 12.9. The lowest BCUT2D eigenvalue weighted by molar-refractivity contribution is 0.00701. The molecule has 4 rings (SSSR count). The number of rotatable bonds is 4. The van der Waals surface area contributed by atoms with E-state index in [9.17, 15) is 0 Å². The highest BCUT2D eigenvalue weighted by atomic mass is 15.2. The van der Waals surface area contributed by atoms with E-state index in [1.54, 1.807) is 0 Å². The second-order valence-electron chi connectivity index (χ2n) is 7.65. The highest BCUT2D eigenvalue weighted by Crippen LogP contribution is 2.39. The van der Waals surface area contributed by atoms with Gasteiger partial charge in [0.1, 0.15) is 5.82 Å². The Labute approximate surface area is 144 Å². The van der Waals surface area contributed by atoms with Crippen LogP contribution in [0.15, 0.2) is 42.7 Å². The number of piperidine rings is 2. The Morgan fingerprint density at radius 1 is 0.958 bits per heavy atom. The molecule has 1 atom stereocenters. The number of hydrogen-bond donors (Lipinski definition) is 1. The molecule has 24 heavy (non-hydrogen) atoms. The molecule has 2 saturated heterocycles. The molecule has 0 aliphatic carbocycles. The van der Waals surface area contributed by atoms with Crippen molar-refractivity contribution in [1.82, 2.24) is 19.8 Å². The maximum absolute atomic E-state index is 4.41. The molecule has 3 heterocycles. The van der Waals surface area contributed by atoms with Crippen LogP contribution in [0.25, 0.3) is 0 Å². The molecule has 0 bridgehead atoms. The molecule has 128 valence electrons. The summed E-state index contributed by atoms with van der Waals surface area (Å²) in [5, 5.41) is 0. The number of aromatic nitrogens is 2. The van der Waals surface area contributed by atoms with E-state index in [2.05, 4.69) is 50.1 Å². The van der Waals surface area contributed by atoms with Crippen molar-refractivity contribution >= 4 is 0 Å². The zero-order chi connectivity index (χ0) is 16.2. The first-order valence-electron chi connectivity index (χ1n) is 9.28. The van der Waals surface area contributed by atoms with Crippen molar-refractivity contribution < 1.29 is 0 Å². The molecular formula is C20H28N4. The van der Waals surface area contributed by atoms with E-state index in [4.69, 9.17) is 0 Å². The van der Waals surface area contributed by atoms with Crippen LogP contribution in [0.4, 0.5) is 0 Å². The first-order valence-corrected chi connectivity index (χ1v) is 9.28. The van der Waals surface area contributed by atoms with Crippen LogP contribution in [-0.4, -0.2) is 45.9 Å². The summed E-state index contributed by atoms with van der Waals surface area (Å²) in [6.45, 7) is 6.99. The lowest BCUT2D eigenvalue weighted by Gasteiger charge is -2.48. The van der Waals surface area contributed by atoms with Gasteiger partial charge in [-0.25, -0.2) is 4.98 Å². The summed E-state index contributed by atoms with van der Waals surface area (Å²) in [5.41, 5.74) is 1.93. The summed E-state index contributed by atoms with van der Waals surface area (Å²) in [7, 11) is 0. The first-order chi connectivity index (χ1) is 11.8. The van der Waals surface area contributed by atoms with E-state index < -0.39 is 0 Å². The molecular weight excluding hydrogens is 296 g/mol. The maximum Gasteiger partial charge on any atom is 0.120 e. The molecule has 1 spiro atoms. The summed E-state index contributed by atoms with van der Waals surface area (Å²) in [5.74, 6) is 1.10. The van der Waals surface area contributed by atoms with Crippen LogP contribution < -0.4 is 0 Å². The summed E-state index contributed by atoms with van der Waals surface area (Å²) < 4.78 is 0. The normalized spacial score (nSPS) is 26.0. The number of nitrogens with zero attached hydrogens (tertiary/aromatic N) is 3. The highest BCUT2D eigenvalue weighted by molar-refractivity contribution is 5.14. The molecule has 1 aromatic heterocycles. The van der Waals surface area contributed by atoms with Crippen LogP contribution in [-0.2, 0) is 13.1 Å². The number of likely N-dealkylation sites (tertiary alicyclic amines) is 2. The zero-order valence-electron chi connectivity index (χ0n) is 14.5. The molecule has 0 unspecified atom stereocenters. The molecule has 2 aliphatic heterocycles. The number of H-pyrrole nitrogens is 1. The molecule has 0 radical (unpaired) electrons. The van der Waals surface area contributed by atoms with E-state index in [1.807, 2.05) is 12.4 Å². The number of nitrogens with one attached hydrogen (secondary N) is 1. The Kier molecular flexibility index (Phi) is 4.67. The number of aromatic amines is 1. The molecule has 2 aromatic rings. The molecule has 0 amide bonds. The minimum absolute atomic E-state index is 0.484. The fourth-order valence-corrected chi connectivity index (χ4v) is 4.66. The summed E-state index contributed by atoms with van der Waals surface area (Å²) in [6.07, 6.45) is 9.20. The van der Waals surface area contributed by atoms with Crippen LogP contribution in [0, 0.1) is 5.41 Å². The van der Waals surface area contributed by atoms with Crippen molar-refractivity contribution in [3.05, 3.63) is 54.1 Å². The van der Waals surface area contributed by atoms with Crippen molar-refractivity contribution in [2.75, 3.05) is 26.2 Å².